The summed E-state index contributed by atoms with van der Waals surface area (Å²) in [5.41, 5.74) is 8.05. The lowest BCUT2D eigenvalue weighted by Gasteiger charge is -2.07. The van der Waals surface area contributed by atoms with E-state index >= 15 is 0 Å². The summed E-state index contributed by atoms with van der Waals surface area (Å²) in [5.74, 6) is 1.07. The van der Waals surface area contributed by atoms with Crippen LogP contribution in [0.1, 0.15) is 19.7 Å². The van der Waals surface area contributed by atoms with Gasteiger partial charge in [0.2, 0.25) is 0 Å². The Balaban J connectivity index is 2.56. The van der Waals surface area contributed by atoms with E-state index in [1.165, 1.54) is 5.52 Å². The molecule has 1 aromatic carbocycles. The molecule has 1 atom stereocenters. The summed E-state index contributed by atoms with van der Waals surface area (Å²) in [5, 5.41) is 0. The van der Waals surface area contributed by atoms with Crippen LogP contribution >= 0.6 is 15.9 Å². The van der Waals surface area contributed by atoms with Crippen LogP contribution in [0.3, 0.4) is 0 Å². The first kappa shape index (κ1) is 11.6. The molecule has 0 aliphatic carbocycles. The maximum Gasteiger partial charge on any atom is 0.111 e. The van der Waals surface area contributed by atoms with Crippen molar-refractivity contribution in [2.75, 3.05) is 0 Å². The van der Waals surface area contributed by atoms with E-state index in [0.29, 0.717) is 0 Å². The van der Waals surface area contributed by atoms with Crippen LogP contribution in [0.25, 0.3) is 11.0 Å². The molecule has 3 nitrogen and oxygen atoms in total. The van der Waals surface area contributed by atoms with Gasteiger partial charge in [0.25, 0.3) is 0 Å². The number of aryl methyl sites for hydroxylation is 1. The molecule has 0 fully saturated rings. The van der Waals surface area contributed by atoms with Crippen LogP contribution in [-0.4, -0.2) is 15.6 Å². The van der Waals surface area contributed by atoms with E-state index < -0.39 is 0 Å². The van der Waals surface area contributed by atoms with E-state index in [1.807, 2.05) is 19.1 Å². The predicted octanol–water partition coefficient (Wildman–Crippen LogP) is 2.71. The highest BCUT2D eigenvalue weighted by Crippen LogP contribution is 2.21. The summed E-state index contributed by atoms with van der Waals surface area (Å²) >= 11 is 3.47. The number of hydrogen-bond acceptors (Lipinski definition) is 2. The minimum absolute atomic E-state index is 0.144. The van der Waals surface area contributed by atoms with E-state index in [-0.39, 0.29) is 6.04 Å². The van der Waals surface area contributed by atoms with Gasteiger partial charge in [0.05, 0.1) is 11.0 Å². The molecule has 4 heteroatoms. The number of rotatable bonds is 3. The molecule has 1 aromatic heterocycles. The molecule has 2 rings (SSSR count). The van der Waals surface area contributed by atoms with Crippen molar-refractivity contribution in [1.29, 1.82) is 0 Å². The molecule has 0 aliphatic rings. The van der Waals surface area contributed by atoms with Gasteiger partial charge < -0.3 is 10.3 Å². The number of benzene rings is 1. The fourth-order valence-corrected chi connectivity index (χ4v) is 2.30. The minimum Gasteiger partial charge on any atom is -0.328 e. The number of nitrogens with two attached hydrogens (primary N) is 1. The molecule has 1 heterocycles. The van der Waals surface area contributed by atoms with Crippen molar-refractivity contribution < 1.29 is 0 Å². The molecule has 0 amide bonds. The first-order chi connectivity index (χ1) is 7.61. The van der Waals surface area contributed by atoms with Crippen molar-refractivity contribution in [3.05, 3.63) is 28.5 Å². The van der Waals surface area contributed by atoms with Gasteiger partial charge >= 0.3 is 0 Å². The van der Waals surface area contributed by atoms with Crippen molar-refractivity contribution in [3.63, 3.8) is 0 Å². The molecular weight excluding hydrogens is 266 g/mol. The molecule has 16 heavy (non-hydrogen) atoms. The van der Waals surface area contributed by atoms with E-state index in [9.17, 15) is 0 Å². The molecule has 1 unspecified atom stereocenters. The van der Waals surface area contributed by atoms with Gasteiger partial charge in [-0.2, -0.15) is 0 Å². The summed E-state index contributed by atoms with van der Waals surface area (Å²) in [6, 6.07) is 6.34. The zero-order valence-electron chi connectivity index (χ0n) is 9.57. The summed E-state index contributed by atoms with van der Waals surface area (Å²) in [7, 11) is 0. The third-order valence-electron chi connectivity index (χ3n) is 2.61. The van der Waals surface area contributed by atoms with E-state index in [2.05, 4.69) is 38.5 Å². The van der Waals surface area contributed by atoms with Crippen molar-refractivity contribution in [3.8, 4) is 0 Å². The number of fused-ring (bicyclic) bond motifs is 1. The molecule has 0 aliphatic heterocycles. The topological polar surface area (TPSA) is 43.8 Å². The average molecular weight is 282 g/mol. The van der Waals surface area contributed by atoms with Crippen LogP contribution in [0.5, 0.6) is 0 Å². The Morgan fingerprint density at radius 1 is 1.50 bits per heavy atom. The van der Waals surface area contributed by atoms with Gasteiger partial charge in [0.15, 0.2) is 0 Å². The van der Waals surface area contributed by atoms with Gasteiger partial charge in [0.1, 0.15) is 5.82 Å². The molecule has 0 spiro atoms. The maximum absolute atomic E-state index is 5.84. The zero-order valence-corrected chi connectivity index (χ0v) is 11.2. The minimum atomic E-state index is 0.144. The van der Waals surface area contributed by atoms with Crippen molar-refractivity contribution in [1.82, 2.24) is 9.55 Å². The van der Waals surface area contributed by atoms with Crippen LogP contribution in [0, 0.1) is 0 Å². The second-order valence-electron chi connectivity index (χ2n) is 4.09. The Morgan fingerprint density at radius 2 is 2.25 bits per heavy atom. The second kappa shape index (κ2) is 4.55. The lowest BCUT2D eigenvalue weighted by molar-refractivity contribution is 0.647. The van der Waals surface area contributed by atoms with Crippen LogP contribution in [0.15, 0.2) is 22.7 Å². The van der Waals surface area contributed by atoms with Gasteiger partial charge in [-0.1, -0.05) is 15.9 Å². The number of nitrogens with zero attached hydrogens (tertiary/aromatic N) is 2. The van der Waals surface area contributed by atoms with Crippen LogP contribution in [0.2, 0.25) is 0 Å². The highest BCUT2D eigenvalue weighted by molar-refractivity contribution is 9.10. The van der Waals surface area contributed by atoms with Gasteiger partial charge in [-0.05, 0) is 32.0 Å². The van der Waals surface area contributed by atoms with Crippen molar-refractivity contribution in [2.24, 2.45) is 5.73 Å². The molecule has 0 saturated heterocycles. The molecule has 86 valence electrons. The first-order valence-electron chi connectivity index (χ1n) is 5.52. The van der Waals surface area contributed by atoms with E-state index in [1.54, 1.807) is 0 Å². The number of hydrogen-bond donors (Lipinski definition) is 1. The lowest BCUT2D eigenvalue weighted by Crippen LogP contribution is -2.20. The fourth-order valence-electron chi connectivity index (χ4n) is 1.95. The highest BCUT2D eigenvalue weighted by atomic mass is 79.9. The van der Waals surface area contributed by atoms with Gasteiger partial charge in [-0.3, -0.25) is 0 Å². The molecule has 0 bridgehead atoms. The normalized spacial score (nSPS) is 13.2. The first-order valence-corrected chi connectivity index (χ1v) is 6.31. The Hall–Kier alpha value is -0.870. The smallest absolute Gasteiger partial charge is 0.111 e. The molecule has 0 saturated carbocycles. The number of halogens is 1. The second-order valence-corrected chi connectivity index (χ2v) is 5.00. The van der Waals surface area contributed by atoms with Gasteiger partial charge in [0, 0.05) is 23.5 Å². The van der Waals surface area contributed by atoms with Crippen LogP contribution in [0.4, 0.5) is 0 Å². The monoisotopic (exact) mass is 281 g/mol. The Kier molecular flexibility index (Phi) is 3.30. The molecule has 2 N–H and O–H groups in total. The predicted molar refractivity (Wildman–Crippen MR) is 70.5 cm³/mol. The summed E-state index contributed by atoms with van der Waals surface area (Å²) in [4.78, 5) is 4.64. The highest BCUT2D eigenvalue weighted by Gasteiger charge is 2.10. The van der Waals surface area contributed by atoms with E-state index in [0.717, 1.165) is 28.8 Å². The summed E-state index contributed by atoms with van der Waals surface area (Å²) < 4.78 is 3.29. The van der Waals surface area contributed by atoms with E-state index in [4.69, 9.17) is 5.73 Å². The Labute approximate surface area is 104 Å². The van der Waals surface area contributed by atoms with Crippen molar-refractivity contribution >= 4 is 27.0 Å². The number of imidazole rings is 1. The summed E-state index contributed by atoms with van der Waals surface area (Å²) in [6.07, 6.45) is 0.820. The maximum atomic E-state index is 5.84. The number of aromatic nitrogens is 2. The Morgan fingerprint density at radius 3 is 2.88 bits per heavy atom. The van der Waals surface area contributed by atoms with Gasteiger partial charge in [-0.15, -0.1) is 0 Å². The quantitative estimate of drug-likeness (QED) is 0.940. The average Bonchev–Trinajstić information content (AvgIpc) is 2.52. The molecule has 2 aromatic rings. The Bertz CT molecular complexity index is 502. The third-order valence-corrected chi connectivity index (χ3v) is 3.10. The van der Waals surface area contributed by atoms with Crippen LogP contribution in [-0.2, 0) is 13.0 Å². The zero-order chi connectivity index (χ0) is 11.7. The SMILES string of the molecule is CCn1c(CC(C)N)nc2cc(Br)ccc21. The molecule has 0 radical (unpaired) electrons. The summed E-state index contributed by atoms with van der Waals surface area (Å²) in [6.45, 7) is 5.07. The standard InChI is InChI=1S/C12H16BrN3/c1-3-16-11-5-4-9(13)7-10(11)15-12(16)6-8(2)14/h4-5,7-8H,3,6,14H2,1-2H3. The molecular formula is C12H16BrN3. The van der Waals surface area contributed by atoms with Crippen molar-refractivity contribution in [2.45, 2.75) is 32.9 Å². The third kappa shape index (κ3) is 2.13. The van der Waals surface area contributed by atoms with Crippen LogP contribution < -0.4 is 5.73 Å². The lowest BCUT2D eigenvalue weighted by atomic mass is 10.2. The largest absolute Gasteiger partial charge is 0.328 e. The fraction of sp³-hybridized carbons (Fsp3) is 0.417. The van der Waals surface area contributed by atoms with Gasteiger partial charge in [-0.25, -0.2) is 4.98 Å².